The number of hydrogen-bond acceptors (Lipinski definition) is 4. The molecule has 0 spiro atoms. The summed E-state index contributed by atoms with van der Waals surface area (Å²) in [4.78, 5) is 28.5. The van der Waals surface area contributed by atoms with Crippen molar-refractivity contribution >= 4 is 35.0 Å². The Balaban J connectivity index is 2.06. The van der Waals surface area contributed by atoms with Gasteiger partial charge in [0.25, 0.3) is 0 Å². The molecule has 0 aliphatic carbocycles. The topological polar surface area (TPSA) is 61.9 Å². The number of ether oxygens (including phenoxy) is 1. The van der Waals surface area contributed by atoms with E-state index in [0.29, 0.717) is 23.8 Å². The molecule has 1 N–H and O–H groups in total. The SMILES string of the molecule is CN(C)c1c(Cl)cccc1NC(=O)C1CCCN(C(=O)OC(C)(C)C)C1. The molecule has 26 heavy (non-hydrogen) atoms. The minimum atomic E-state index is -0.548. The Labute approximate surface area is 160 Å². The van der Waals surface area contributed by atoms with Gasteiger partial charge < -0.3 is 19.9 Å². The van der Waals surface area contributed by atoms with Crippen molar-refractivity contribution in [1.82, 2.24) is 4.90 Å². The van der Waals surface area contributed by atoms with E-state index in [2.05, 4.69) is 5.32 Å². The number of likely N-dealkylation sites (tertiary alicyclic amines) is 1. The molecule has 0 saturated carbocycles. The van der Waals surface area contributed by atoms with E-state index in [1.165, 1.54) is 0 Å². The van der Waals surface area contributed by atoms with E-state index in [-0.39, 0.29) is 17.9 Å². The van der Waals surface area contributed by atoms with Crippen LogP contribution in [0.1, 0.15) is 33.6 Å². The number of rotatable bonds is 3. The molecule has 0 bridgehead atoms. The standard InChI is InChI=1S/C19H28ClN3O3/c1-19(2,3)26-18(25)23-11-7-8-13(12-23)17(24)21-15-10-6-9-14(20)16(15)22(4)5/h6,9-10,13H,7-8,11-12H2,1-5H3,(H,21,24). The second-order valence-corrected chi connectivity index (χ2v) is 8.19. The van der Waals surface area contributed by atoms with Crippen molar-refractivity contribution in [3.63, 3.8) is 0 Å². The first-order valence-electron chi connectivity index (χ1n) is 8.83. The van der Waals surface area contributed by atoms with E-state index in [0.717, 1.165) is 18.5 Å². The first-order chi connectivity index (χ1) is 12.1. The number of anilines is 2. The quantitative estimate of drug-likeness (QED) is 0.859. The lowest BCUT2D eigenvalue weighted by atomic mass is 9.97. The molecule has 2 rings (SSSR count). The van der Waals surface area contributed by atoms with Crippen LogP contribution < -0.4 is 10.2 Å². The maximum atomic E-state index is 12.8. The molecule has 1 aliphatic heterocycles. The Kier molecular flexibility index (Phi) is 6.39. The van der Waals surface area contributed by atoms with Gasteiger partial charge in [0.2, 0.25) is 5.91 Å². The van der Waals surface area contributed by atoms with E-state index >= 15 is 0 Å². The van der Waals surface area contributed by atoms with Crippen LogP contribution in [0.2, 0.25) is 5.02 Å². The summed E-state index contributed by atoms with van der Waals surface area (Å²) >= 11 is 6.26. The number of carbonyl (C=O) groups excluding carboxylic acids is 2. The van der Waals surface area contributed by atoms with Crippen LogP contribution in [0, 0.1) is 5.92 Å². The van der Waals surface area contributed by atoms with Crippen LogP contribution in [0.5, 0.6) is 0 Å². The lowest BCUT2D eigenvalue weighted by Crippen LogP contribution is -2.45. The van der Waals surface area contributed by atoms with Gasteiger partial charge in [-0.15, -0.1) is 0 Å². The summed E-state index contributed by atoms with van der Waals surface area (Å²) in [5.41, 5.74) is 0.887. The molecule has 0 radical (unpaired) electrons. The molecule has 1 fully saturated rings. The highest BCUT2D eigenvalue weighted by molar-refractivity contribution is 6.34. The van der Waals surface area contributed by atoms with Crippen molar-refractivity contribution in [3.8, 4) is 0 Å². The van der Waals surface area contributed by atoms with Gasteiger partial charge in [0.1, 0.15) is 5.60 Å². The number of halogens is 1. The Morgan fingerprint density at radius 2 is 2.00 bits per heavy atom. The van der Waals surface area contributed by atoms with Crippen molar-refractivity contribution in [2.24, 2.45) is 5.92 Å². The molecule has 1 unspecified atom stereocenters. The molecule has 6 nitrogen and oxygen atoms in total. The van der Waals surface area contributed by atoms with E-state index in [4.69, 9.17) is 16.3 Å². The zero-order valence-corrected chi connectivity index (χ0v) is 16.9. The highest BCUT2D eigenvalue weighted by Crippen LogP contribution is 2.33. The number of para-hydroxylation sites is 1. The van der Waals surface area contributed by atoms with Crippen molar-refractivity contribution in [3.05, 3.63) is 23.2 Å². The molecule has 1 aromatic rings. The molecule has 1 aromatic carbocycles. The predicted octanol–water partition coefficient (Wildman–Crippen LogP) is 3.99. The van der Waals surface area contributed by atoms with Gasteiger partial charge in [0, 0.05) is 27.2 Å². The van der Waals surface area contributed by atoms with Crippen LogP contribution in [0.3, 0.4) is 0 Å². The number of amides is 2. The first-order valence-corrected chi connectivity index (χ1v) is 9.21. The molecule has 144 valence electrons. The summed E-state index contributed by atoms with van der Waals surface area (Å²) in [6, 6.07) is 5.42. The molecule has 7 heteroatoms. The summed E-state index contributed by atoms with van der Waals surface area (Å²) in [5, 5.41) is 3.54. The monoisotopic (exact) mass is 381 g/mol. The fourth-order valence-corrected chi connectivity index (χ4v) is 3.33. The lowest BCUT2D eigenvalue weighted by molar-refractivity contribution is -0.121. The Bertz CT molecular complexity index is 670. The third-order valence-electron chi connectivity index (χ3n) is 4.14. The van der Waals surface area contributed by atoms with Gasteiger partial charge in [-0.1, -0.05) is 17.7 Å². The first kappa shape index (κ1) is 20.4. The number of nitrogens with one attached hydrogen (secondary N) is 1. The minimum absolute atomic E-state index is 0.108. The highest BCUT2D eigenvalue weighted by Gasteiger charge is 2.31. The van der Waals surface area contributed by atoms with Crippen LogP contribution >= 0.6 is 11.6 Å². The normalized spacial score (nSPS) is 17.6. The average Bonchev–Trinajstić information content (AvgIpc) is 2.53. The van der Waals surface area contributed by atoms with Gasteiger partial charge in [-0.25, -0.2) is 4.79 Å². The van der Waals surface area contributed by atoms with Gasteiger partial charge in [0.15, 0.2) is 0 Å². The second-order valence-electron chi connectivity index (χ2n) is 7.79. The van der Waals surface area contributed by atoms with Gasteiger partial charge in [-0.2, -0.15) is 0 Å². The molecule has 1 atom stereocenters. The molecule has 1 heterocycles. The summed E-state index contributed by atoms with van der Waals surface area (Å²) in [6.07, 6.45) is 1.14. The molecule has 1 saturated heterocycles. The fourth-order valence-electron chi connectivity index (χ4n) is 2.99. The van der Waals surface area contributed by atoms with Crippen LogP contribution in [0.4, 0.5) is 16.2 Å². The van der Waals surface area contributed by atoms with E-state index in [1.807, 2.05) is 45.8 Å². The number of hydrogen-bond donors (Lipinski definition) is 1. The molecular formula is C19H28ClN3O3. The van der Waals surface area contributed by atoms with Gasteiger partial charge in [-0.05, 0) is 45.7 Å². The van der Waals surface area contributed by atoms with Crippen molar-refractivity contribution in [1.29, 1.82) is 0 Å². The maximum Gasteiger partial charge on any atom is 0.410 e. The highest BCUT2D eigenvalue weighted by atomic mass is 35.5. The summed E-state index contributed by atoms with van der Waals surface area (Å²) < 4.78 is 5.42. The van der Waals surface area contributed by atoms with Crippen LogP contribution in [-0.2, 0) is 9.53 Å². The minimum Gasteiger partial charge on any atom is -0.444 e. The Morgan fingerprint density at radius 3 is 2.62 bits per heavy atom. The average molecular weight is 382 g/mol. The van der Waals surface area contributed by atoms with Crippen LogP contribution in [0.15, 0.2) is 18.2 Å². The van der Waals surface area contributed by atoms with Crippen LogP contribution in [-0.4, -0.2) is 49.7 Å². The van der Waals surface area contributed by atoms with E-state index < -0.39 is 5.60 Å². The molecular weight excluding hydrogens is 354 g/mol. The number of nitrogens with zero attached hydrogens (tertiary/aromatic N) is 2. The summed E-state index contributed by atoms with van der Waals surface area (Å²) in [7, 11) is 3.75. The summed E-state index contributed by atoms with van der Waals surface area (Å²) in [5.74, 6) is -0.381. The second kappa shape index (κ2) is 8.16. The van der Waals surface area contributed by atoms with Gasteiger partial charge in [0.05, 0.1) is 22.3 Å². The van der Waals surface area contributed by atoms with E-state index in [9.17, 15) is 9.59 Å². The molecule has 1 aliphatic rings. The number of benzene rings is 1. The zero-order chi connectivity index (χ0) is 19.5. The number of carbonyl (C=O) groups is 2. The predicted molar refractivity (Wildman–Crippen MR) is 105 cm³/mol. The van der Waals surface area contributed by atoms with E-state index in [1.54, 1.807) is 17.0 Å². The third kappa shape index (κ3) is 5.27. The smallest absolute Gasteiger partial charge is 0.410 e. The van der Waals surface area contributed by atoms with Gasteiger partial charge in [-0.3, -0.25) is 4.79 Å². The largest absolute Gasteiger partial charge is 0.444 e. The third-order valence-corrected chi connectivity index (χ3v) is 4.44. The van der Waals surface area contributed by atoms with Crippen molar-refractivity contribution in [2.75, 3.05) is 37.4 Å². The Hall–Kier alpha value is -1.95. The molecule has 2 amide bonds. The summed E-state index contributed by atoms with van der Waals surface area (Å²) in [6.45, 7) is 6.47. The molecule has 0 aromatic heterocycles. The van der Waals surface area contributed by atoms with Gasteiger partial charge >= 0.3 is 6.09 Å². The zero-order valence-electron chi connectivity index (χ0n) is 16.1. The van der Waals surface area contributed by atoms with Crippen molar-refractivity contribution < 1.29 is 14.3 Å². The number of piperidine rings is 1. The van der Waals surface area contributed by atoms with Crippen LogP contribution in [0.25, 0.3) is 0 Å². The maximum absolute atomic E-state index is 12.8. The Morgan fingerprint density at radius 1 is 1.31 bits per heavy atom. The lowest BCUT2D eigenvalue weighted by Gasteiger charge is -2.33. The van der Waals surface area contributed by atoms with Crippen molar-refractivity contribution in [2.45, 2.75) is 39.2 Å². The fraction of sp³-hybridized carbons (Fsp3) is 0.579.